The number of hydrogen-bond donors (Lipinski definition) is 1. The highest BCUT2D eigenvalue weighted by atomic mass is 16.1. The molecule has 1 atom stereocenters. The van der Waals surface area contributed by atoms with Gasteiger partial charge >= 0.3 is 0 Å². The van der Waals surface area contributed by atoms with Gasteiger partial charge in [0.15, 0.2) is 0 Å². The van der Waals surface area contributed by atoms with Gasteiger partial charge in [0.1, 0.15) is 6.04 Å². The van der Waals surface area contributed by atoms with Crippen molar-refractivity contribution in [1.82, 2.24) is 0 Å². The topological polar surface area (TPSA) is 43.1 Å². The fourth-order valence-electron chi connectivity index (χ4n) is 1.21. The Labute approximate surface area is 80.8 Å². The van der Waals surface area contributed by atoms with Gasteiger partial charge in [-0.25, -0.2) is 0 Å². The fourth-order valence-corrected chi connectivity index (χ4v) is 1.21. The summed E-state index contributed by atoms with van der Waals surface area (Å²) in [6, 6.07) is -0.0240. The van der Waals surface area contributed by atoms with Gasteiger partial charge in [-0.3, -0.25) is 4.79 Å². The predicted octanol–water partition coefficient (Wildman–Crippen LogP) is 0.555. The number of carbonyl (C=O) groups excluding carboxylic acids is 1. The van der Waals surface area contributed by atoms with Gasteiger partial charge in [-0.15, -0.1) is 0 Å². The molecule has 0 aliphatic carbocycles. The van der Waals surface area contributed by atoms with Crippen LogP contribution in [0.4, 0.5) is 0 Å². The normalized spacial score (nSPS) is 13.8. The summed E-state index contributed by atoms with van der Waals surface area (Å²) < 4.78 is 0.683. The van der Waals surface area contributed by atoms with Crippen molar-refractivity contribution in [3.63, 3.8) is 0 Å². The number of hydrogen-bond acceptors (Lipinski definition) is 2. The van der Waals surface area contributed by atoms with Crippen LogP contribution in [-0.4, -0.2) is 43.5 Å². The molecule has 0 rings (SSSR count). The molecule has 2 N–H and O–H groups in total. The summed E-state index contributed by atoms with van der Waals surface area (Å²) in [7, 11) is 4.09. The molecule has 0 heterocycles. The van der Waals surface area contributed by atoms with Crippen molar-refractivity contribution in [3.05, 3.63) is 12.7 Å². The van der Waals surface area contributed by atoms with Crippen molar-refractivity contribution in [2.45, 2.75) is 19.4 Å². The van der Waals surface area contributed by atoms with E-state index in [4.69, 9.17) is 5.73 Å². The molecular formula is C10H21N2O+. The van der Waals surface area contributed by atoms with Crippen molar-refractivity contribution in [3.8, 4) is 0 Å². The summed E-state index contributed by atoms with van der Waals surface area (Å²) in [5, 5.41) is 0. The molecule has 76 valence electrons. The smallest absolute Gasteiger partial charge is 0.211 e. The van der Waals surface area contributed by atoms with Crippen LogP contribution < -0.4 is 5.73 Å². The van der Waals surface area contributed by atoms with Gasteiger partial charge in [0.05, 0.1) is 20.6 Å². The Balaban J connectivity index is 4.25. The maximum Gasteiger partial charge on any atom is 0.211 e. The Bertz CT molecular complexity index is 187. The van der Waals surface area contributed by atoms with Crippen LogP contribution in [0.2, 0.25) is 0 Å². The number of rotatable bonds is 6. The molecule has 3 nitrogen and oxygen atoms in total. The highest BCUT2D eigenvalue weighted by molar-refractivity contribution is 5.92. The minimum atomic E-state index is -0.0240. The van der Waals surface area contributed by atoms with Gasteiger partial charge in [0.2, 0.25) is 5.78 Å². The first-order chi connectivity index (χ1) is 5.95. The minimum absolute atomic E-state index is 0.0240. The van der Waals surface area contributed by atoms with Crippen LogP contribution in [0.3, 0.4) is 0 Å². The van der Waals surface area contributed by atoms with Crippen molar-refractivity contribution in [2.24, 2.45) is 5.73 Å². The van der Waals surface area contributed by atoms with E-state index in [9.17, 15) is 4.79 Å². The first kappa shape index (κ1) is 12.3. The highest BCUT2D eigenvalue weighted by Gasteiger charge is 2.27. The monoisotopic (exact) mass is 185 g/mol. The van der Waals surface area contributed by atoms with Crippen molar-refractivity contribution < 1.29 is 9.28 Å². The Morgan fingerprint density at radius 1 is 1.62 bits per heavy atom. The van der Waals surface area contributed by atoms with E-state index in [-0.39, 0.29) is 11.8 Å². The third-order valence-corrected chi connectivity index (χ3v) is 2.60. The van der Waals surface area contributed by atoms with E-state index in [1.165, 1.54) is 6.08 Å². The Morgan fingerprint density at radius 3 is 2.54 bits per heavy atom. The second-order valence-corrected chi connectivity index (χ2v) is 3.93. The van der Waals surface area contributed by atoms with E-state index in [1.807, 2.05) is 21.0 Å². The van der Waals surface area contributed by atoms with E-state index in [2.05, 4.69) is 6.58 Å². The maximum atomic E-state index is 11.4. The Kier molecular flexibility index (Phi) is 4.88. The molecule has 0 aromatic heterocycles. The first-order valence-electron chi connectivity index (χ1n) is 4.64. The number of likely N-dealkylation sites (N-methyl/N-ethyl adjacent to an activating group) is 1. The molecular weight excluding hydrogens is 164 g/mol. The second-order valence-electron chi connectivity index (χ2n) is 3.93. The van der Waals surface area contributed by atoms with E-state index in [0.717, 1.165) is 13.0 Å². The summed E-state index contributed by atoms with van der Waals surface area (Å²) in [5.41, 5.74) is 5.43. The minimum Gasteiger partial charge on any atom is -0.330 e. The zero-order chi connectivity index (χ0) is 10.5. The van der Waals surface area contributed by atoms with Crippen LogP contribution in [0.15, 0.2) is 12.7 Å². The average molecular weight is 185 g/mol. The lowest BCUT2D eigenvalue weighted by Gasteiger charge is -2.34. The van der Waals surface area contributed by atoms with Crippen molar-refractivity contribution >= 4 is 5.78 Å². The molecule has 0 aliphatic rings. The van der Waals surface area contributed by atoms with Gasteiger partial charge in [0.25, 0.3) is 0 Å². The maximum absolute atomic E-state index is 11.4. The molecule has 0 spiro atoms. The van der Waals surface area contributed by atoms with Crippen LogP contribution in [0.1, 0.15) is 13.3 Å². The van der Waals surface area contributed by atoms with E-state index in [0.29, 0.717) is 11.0 Å². The Morgan fingerprint density at radius 2 is 2.15 bits per heavy atom. The van der Waals surface area contributed by atoms with Crippen LogP contribution >= 0.6 is 0 Å². The summed E-state index contributed by atoms with van der Waals surface area (Å²) in [4.78, 5) is 11.4. The van der Waals surface area contributed by atoms with E-state index >= 15 is 0 Å². The molecule has 0 aromatic rings. The van der Waals surface area contributed by atoms with Gasteiger partial charge in [0, 0.05) is 6.42 Å². The molecule has 0 fully saturated rings. The zero-order valence-corrected chi connectivity index (χ0v) is 8.92. The van der Waals surface area contributed by atoms with Crippen LogP contribution in [0, 0.1) is 0 Å². The standard InChI is InChI=1S/C10H21N2O/c1-5-10(13)9(2)12(3,4)8-6-7-11/h5,9H,1,6-8,11H2,2-4H3/q+1. The van der Waals surface area contributed by atoms with Crippen LogP contribution in [0.5, 0.6) is 0 Å². The largest absolute Gasteiger partial charge is 0.330 e. The van der Waals surface area contributed by atoms with Gasteiger partial charge in [-0.05, 0) is 19.5 Å². The molecule has 0 bridgehead atoms. The number of nitrogens with zero attached hydrogens (tertiary/aromatic N) is 1. The molecule has 0 aromatic carbocycles. The van der Waals surface area contributed by atoms with Crippen molar-refractivity contribution in [1.29, 1.82) is 0 Å². The lowest BCUT2D eigenvalue weighted by Crippen LogP contribution is -2.51. The number of nitrogens with two attached hydrogens (primary N) is 1. The molecule has 0 radical (unpaired) electrons. The first-order valence-corrected chi connectivity index (χ1v) is 4.64. The average Bonchev–Trinajstić information content (AvgIpc) is 2.12. The molecule has 0 amide bonds. The summed E-state index contributed by atoms with van der Waals surface area (Å²) in [5.74, 6) is 0.0991. The van der Waals surface area contributed by atoms with Crippen LogP contribution in [-0.2, 0) is 4.79 Å². The SMILES string of the molecule is C=CC(=O)C(C)[N+](C)(C)CCCN. The second kappa shape index (κ2) is 5.14. The van der Waals surface area contributed by atoms with Gasteiger partial charge in [-0.2, -0.15) is 0 Å². The predicted molar refractivity (Wildman–Crippen MR) is 55.3 cm³/mol. The highest BCUT2D eigenvalue weighted by Crippen LogP contribution is 2.08. The molecule has 0 saturated carbocycles. The third kappa shape index (κ3) is 3.70. The molecule has 0 saturated heterocycles. The third-order valence-electron chi connectivity index (χ3n) is 2.60. The molecule has 0 aliphatic heterocycles. The van der Waals surface area contributed by atoms with Crippen LogP contribution in [0.25, 0.3) is 0 Å². The zero-order valence-electron chi connectivity index (χ0n) is 8.92. The summed E-state index contributed by atoms with van der Waals surface area (Å²) in [6.45, 7) is 7.03. The summed E-state index contributed by atoms with van der Waals surface area (Å²) in [6.07, 6.45) is 2.34. The number of ketones is 1. The molecule has 3 heteroatoms. The molecule has 13 heavy (non-hydrogen) atoms. The number of carbonyl (C=O) groups is 1. The van der Waals surface area contributed by atoms with Gasteiger partial charge in [-0.1, -0.05) is 6.58 Å². The molecule has 1 unspecified atom stereocenters. The van der Waals surface area contributed by atoms with Crippen molar-refractivity contribution in [2.75, 3.05) is 27.2 Å². The quantitative estimate of drug-likeness (QED) is 0.485. The van der Waals surface area contributed by atoms with Gasteiger partial charge < -0.3 is 10.2 Å². The van der Waals surface area contributed by atoms with E-state index in [1.54, 1.807) is 0 Å². The fraction of sp³-hybridized carbons (Fsp3) is 0.700. The lowest BCUT2D eigenvalue weighted by atomic mass is 10.1. The van der Waals surface area contributed by atoms with E-state index < -0.39 is 0 Å². The number of quaternary nitrogens is 1. The summed E-state index contributed by atoms with van der Waals surface area (Å²) >= 11 is 0. The Hall–Kier alpha value is -0.670. The lowest BCUT2D eigenvalue weighted by molar-refractivity contribution is -0.903.